The number of rotatable bonds is 7. The molecule has 0 aliphatic rings. The van der Waals surface area contributed by atoms with E-state index in [1.54, 1.807) is 12.1 Å². The topological polar surface area (TPSA) is 106 Å². The van der Waals surface area contributed by atoms with Gasteiger partial charge in [-0.25, -0.2) is 17.9 Å². The van der Waals surface area contributed by atoms with Gasteiger partial charge in [-0.05, 0) is 30.0 Å². The van der Waals surface area contributed by atoms with Gasteiger partial charge in [-0.3, -0.25) is 0 Å². The summed E-state index contributed by atoms with van der Waals surface area (Å²) in [5.41, 5.74) is 0. The lowest BCUT2D eigenvalue weighted by molar-refractivity contribution is 0.0602. The number of hydrogen-bond donors (Lipinski definition) is 2. The van der Waals surface area contributed by atoms with Crippen molar-refractivity contribution in [2.24, 2.45) is 0 Å². The standard InChI is InChI=1S/C13H15NO6S2/c1-19-13(16)12-11(5-8-21-12)22(17,18)14-6-4-9(15)10-3-2-7-20-10/h2-3,5,7-9,14-15H,4,6H2,1H3/t9-/m1/s1. The summed E-state index contributed by atoms with van der Waals surface area (Å²) in [4.78, 5) is 11.4. The maximum absolute atomic E-state index is 12.2. The van der Waals surface area contributed by atoms with Gasteiger partial charge in [0.25, 0.3) is 0 Å². The van der Waals surface area contributed by atoms with E-state index < -0.39 is 22.1 Å². The maximum atomic E-state index is 12.2. The van der Waals surface area contributed by atoms with Crippen molar-refractivity contribution in [2.75, 3.05) is 13.7 Å². The molecule has 2 aromatic rings. The Hall–Kier alpha value is -1.68. The van der Waals surface area contributed by atoms with E-state index in [0.717, 1.165) is 11.3 Å². The second-order valence-corrected chi connectivity index (χ2v) is 6.97. The van der Waals surface area contributed by atoms with Gasteiger partial charge in [0.2, 0.25) is 10.0 Å². The Kier molecular flexibility index (Phi) is 5.35. The van der Waals surface area contributed by atoms with Crippen LogP contribution in [0.15, 0.2) is 39.2 Å². The molecule has 2 heterocycles. The van der Waals surface area contributed by atoms with Crippen LogP contribution < -0.4 is 4.72 Å². The van der Waals surface area contributed by atoms with Gasteiger partial charge in [0.1, 0.15) is 21.6 Å². The van der Waals surface area contributed by atoms with Crippen LogP contribution >= 0.6 is 11.3 Å². The first-order valence-corrected chi connectivity index (χ1v) is 8.69. The number of hydrogen-bond acceptors (Lipinski definition) is 7. The van der Waals surface area contributed by atoms with Crippen molar-refractivity contribution in [1.29, 1.82) is 0 Å². The van der Waals surface area contributed by atoms with E-state index >= 15 is 0 Å². The van der Waals surface area contributed by atoms with Crippen LogP contribution in [-0.4, -0.2) is 33.1 Å². The molecule has 2 rings (SSSR count). The molecule has 0 aliphatic carbocycles. The van der Waals surface area contributed by atoms with Crippen LogP contribution in [-0.2, 0) is 14.8 Å². The third kappa shape index (κ3) is 3.74. The highest BCUT2D eigenvalue weighted by Gasteiger charge is 2.24. The fraction of sp³-hybridized carbons (Fsp3) is 0.308. The van der Waals surface area contributed by atoms with Crippen molar-refractivity contribution in [3.63, 3.8) is 0 Å². The average Bonchev–Trinajstić information content (AvgIpc) is 3.17. The largest absolute Gasteiger partial charge is 0.467 e. The molecule has 2 N–H and O–H groups in total. The summed E-state index contributed by atoms with van der Waals surface area (Å²) in [5.74, 6) is -0.337. The van der Waals surface area contributed by atoms with Crippen LogP contribution in [0.25, 0.3) is 0 Å². The SMILES string of the molecule is COC(=O)c1sccc1S(=O)(=O)NCC[C@@H](O)c1ccco1. The zero-order valence-electron chi connectivity index (χ0n) is 11.7. The molecule has 0 radical (unpaired) electrons. The van der Waals surface area contributed by atoms with E-state index in [0.29, 0.717) is 5.76 Å². The second kappa shape index (κ2) is 7.05. The molecule has 0 fully saturated rings. The summed E-state index contributed by atoms with van der Waals surface area (Å²) in [7, 11) is -2.66. The minimum Gasteiger partial charge on any atom is -0.467 e. The Morgan fingerprint density at radius 1 is 1.50 bits per heavy atom. The van der Waals surface area contributed by atoms with Crippen LogP contribution in [0.5, 0.6) is 0 Å². The second-order valence-electron chi connectivity index (χ2n) is 4.32. The summed E-state index contributed by atoms with van der Waals surface area (Å²) in [5, 5.41) is 11.3. The van der Waals surface area contributed by atoms with Gasteiger partial charge < -0.3 is 14.3 Å². The van der Waals surface area contributed by atoms with E-state index in [-0.39, 0.29) is 22.7 Å². The van der Waals surface area contributed by atoms with Crippen molar-refractivity contribution in [3.05, 3.63) is 40.5 Å². The first-order chi connectivity index (χ1) is 10.5. The first kappa shape index (κ1) is 16.7. The van der Waals surface area contributed by atoms with E-state index in [9.17, 15) is 18.3 Å². The molecular weight excluding hydrogens is 330 g/mol. The Bertz CT molecular complexity index is 720. The van der Waals surface area contributed by atoms with Crippen molar-refractivity contribution in [3.8, 4) is 0 Å². The number of methoxy groups -OCH3 is 1. The molecule has 0 unspecified atom stereocenters. The molecule has 9 heteroatoms. The fourth-order valence-electron chi connectivity index (χ4n) is 1.78. The third-order valence-electron chi connectivity index (χ3n) is 2.87. The Morgan fingerprint density at radius 3 is 2.91 bits per heavy atom. The summed E-state index contributed by atoms with van der Waals surface area (Å²) < 4.78 is 36.3. The predicted molar refractivity (Wildman–Crippen MR) is 79.1 cm³/mol. The molecule has 0 saturated heterocycles. The van der Waals surface area contributed by atoms with Gasteiger partial charge in [-0.15, -0.1) is 11.3 Å². The van der Waals surface area contributed by atoms with Crippen molar-refractivity contribution < 1.29 is 27.5 Å². The molecule has 22 heavy (non-hydrogen) atoms. The number of esters is 1. The number of nitrogens with one attached hydrogen (secondary N) is 1. The molecule has 0 amide bonds. The monoisotopic (exact) mass is 345 g/mol. The molecule has 1 atom stereocenters. The van der Waals surface area contributed by atoms with Gasteiger partial charge in [0.05, 0.1) is 13.4 Å². The summed E-state index contributed by atoms with van der Waals surface area (Å²) in [6, 6.07) is 4.58. The van der Waals surface area contributed by atoms with Crippen molar-refractivity contribution in [2.45, 2.75) is 17.4 Å². The Morgan fingerprint density at radius 2 is 2.27 bits per heavy atom. The number of furan rings is 1. The fourth-order valence-corrected chi connectivity index (χ4v) is 4.16. The summed E-state index contributed by atoms with van der Waals surface area (Å²) in [6.45, 7) is 0.000654. The van der Waals surface area contributed by atoms with Crippen LogP contribution in [0.1, 0.15) is 28.0 Å². The minimum absolute atomic E-state index is 0.000654. The normalized spacial score (nSPS) is 13.0. The zero-order valence-corrected chi connectivity index (χ0v) is 13.3. The smallest absolute Gasteiger partial charge is 0.349 e. The van der Waals surface area contributed by atoms with Crippen LogP contribution in [0.4, 0.5) is 0 Å². The van der Waals surface area contributed by atoms with E-state index in [2.05, 4.69) is 9.46 Å². The van der Waals surface area contributed by atoms with E-state index in [1.165, 1.54) is 24.8 Å². The molecule has 0 bridgehead atoms. The van der Waals surface area contributed by atoms with Gasteiger partial charge in [-0.2, -0.15) is 0 Å². The van der Waals surface area contributed by atoms with Gasteiger partial charge >= 0.3 is 5.97 Å². The molecule has 0 aliphatic heterocycles. The highest BCUT2D eigenvalue weighted by Crippen LogP contribution is 2.23. The average molecular weight is 345 g/mol. The van der Waals surface area contributed by atoms with Gasteiger partial charge in [0.15, 0.2) is 0 Å². The molecule has 0 aromatic carbocycles. The highest BCUT2D eigenvalue weighted by molar-refractivity contribution is 7.89. The number of aliphatic hydroxyl groups excluding tert-OH is 1. The first-order valence-electron chi connectivity index (χ1n) is 6.32. The molecule has 7 nitrogen and oxygen atoms in total. The predicted octanol–water partition coefficient (Wildman–Crippen LogP) is 1.53. The summed E-state index contributed by atoms with van der Waals surface area (Å²) in [6.07, 6.45) is 0.668. The highest BCUT2D eigenvalue weighted by atomic mass is 32.2. The Balaban J connectivity index is 2.00. The van der Waals surface area contributed by atoms with Crippen LogP contribution in [0.2, 0.25) is 0 Å². The number of sulfonamides is 1. The van der Waals surface area contributed by atoms with Crippen LogP contribution in [0, 0.1) is 0 Å². The lowest BCUT2D eigenvalue weighted by atomic mass is 10.2. The van der Waals surface area contributed by atoms with Gasteiger partial charge in [-0.1, -0.05) is 0 Å². The lowest BCUT2D eigenvalue weighted by Crippen LogP contribution is -2.26. The van der Waals surface area contributed by atoms with Crippen LogP contribution in [0.3, 0.4) is 0 Å². The lowest BCUT2D eigenvalue weighted by Gasteiger charge is -2.09. The van der Waals surface area contributed by atoms with Gasteiger partial charge in [0, 0.05) is 6.54 Å². The molecule has 2 aromatic heterocycles. The third-order valence-corrected chi connectivity index (χ3v) is 5.40. The number of carbonyl (C=O) groups is 1. The minimum atomic E-state index is -3.85. The molecule has 0 saturated carbocycles. The van der Waals surface area contributed by atoms with Crippen molar-refractivity contribution in [1.82, 2.24) is 4.72 Å². The quantitative estimate of drug-likeness (QED) is 0.737. The zero-order chi connectivity index (χ0) is 16.2. The Labute approximate surface area is 131 Å². The van der Waals surface area contributed by atoms with Crippen molar-refractivity contribution >= 4 is 27.3 Å². The molecule has 0 spiro atoms. The number of carbonyl (C=O) groups excluding carboxylic acids is 1. The summed E-state index contributed by atoms with van der Waals surface area (Å²) >= 11 is 0.989. The van der Waals surface area contributed by atoms with E-state index in [4.69, 9.17) is 4.42 Å². The maximum Gasteiger partial charge on any atom is 0.349 e. The number of aliphatic hydroxyl groups is 1. The van der Waals surface area contributed by atoms with E-state index in [1.807, 2.05) is 0 Å². The molecule has 120 valence electrons. The molecular formula is C13H15NO6S2. The number of ether oxygens (including phenoxy) is 1. The number of thiophene rings is 1.